The number of hydrogen-bond donors (Lipinski definition) is 0. The molecule has 0 aliphatic carbocycles. The highest BCUT2D eigenvalue weighted by atomic mass is 16.5. The Bertz CT molecular complexity index is 2700. The molecule has 0 saturated carbocycles. The normalized spacial score (nSPS) is 14.6. The Kier molecular flexibility index (Phi) is 7.33. The summed E-state index contributed by atoms with van der Waals surface area (Å²) in [6.45, 7) is 16.1. The highest BCUT2D eigenvalue weighted by Crippen LogP contribution is 2.50. The first-order valence-electron chi connectivity index (χ1n) is 18.4. The van der Waals surface area contributed by atoms with Gasteiger partial charge in [0.15, 0.2) is 0 Å². The minimum atomic E-state index is -0.208. The van der Waals surface area contributed by atoms with Gasteiger partial charge in [0.2, 0.25) is 0 Å². The first kappa shape index (κ1) is 32.9. The van der Waals surface area contributed by atoms with Crippen LogP contribution in [0.1, 0.15) is 65.3 Å². The molecule has 1 aliphatic rings. The summed E-state index contributed by atoms with van der Waals surface area (Å²) < 4.78 is 17.1. The third-order valence-electron chi connectivity index (χ3n) is 11.7. The Labute approximate surface area is 311 Å². The van der Waals surface area contributed by atoms with Gasteiger partial charge in [0.1, 0.15) is 22.7 Å². The van der Waals surface area contributed by atoms with E-state index in [0.717, 1.165) is 67.2 Å². The van der Waals surface area contributed by atoms with Crippen molar-refractivity contribution >= 4 is 21.9 Å². The molecule has 0 fully saturated rings. The predicted octanol–water partition coefficient (Wildman–Crippen LogP) is 11.8. The van der Waals surface area contributed by atoms with E-state index in [1.165, 1.54) is 16.8 Å². The summed E-state index contributed by atoms with van der Waals surface area (Å²) in [5.74, 6) is 1.49. The number of para-hydroxylation sites is 2. The number of fused-ring (bicyclic) bond motifs is 6. The van der Waals surface area contributed by atoms with Gasteiger partial charge in [-0.2, -0.15) is 0 Å². The fourth-order valence-electron chi connectivity index (χ4n) is 7.87. The van der Waals surface area contributed by atoms with E-state index in [2.05, 4.69) is 161 Å². The average Bonchev–Trinajstić information content (AvgIpc) is 3.77. The lowest BCUT2D eigenvalue weighted by molar-refractivity contribution is -0.598. The zero-order valence-corrected chi connectivity index (χ0v) is 31.4. The van der Waals surface area contributed by atoms with Crippen molar-refractivity contribution in [1.29, 1.82) is 0 Å². The summed E-state index contributed by atoms with van der Waals surface area (Å²) >= 11 is 0. The molecular weight excluding hydrogens is 651 g/mol. The van der Waals surface area contributed by atoms with Crippen LogP contribution in [0.2, 0.25) is 0 Å². The summed E-state index contributed by atoms with van der Waals surface area (Å²) in [7, 11) is 0. The Balaban J connectivity index is 1.14. The van der Waals surface area contributed by atoms with Gasteiger partial charge in [0, 0.05) is 40.2 Å². The first-order valence-corrected chi connectivity index (χ1v) is 18.4. The van der Waals surface area contributed by atoms with Crippen LogP contribution in [-0.4, -0.2) is 9.55 Å². The molecule has 5 nitrogen and oxygen atoms in total. The lowest BCUT2D eigenvalue weighted by Crippen LogP contribution is -2.45. The Morgan fingerprint density at radius 2 is 1.36 bits per heavy atom. The minimum Gasteiger partial charge on any atom is -0.458 e. The van der Waals surface area contributed by atoms with E-state index < -0.39 is 0 Å². The molecule has 3 aromatic heterocycles. The van der Waals surface area contributed by atoms with Gasteiger partial charge in [-0.1, -0.05) is 115 Å². The molecule has 0 amide bonds. The lowest BCUT2D eigenvalue weighted by Gasteiger charge is -2.47. The van der Waals surface area contributed by atoms with Gasteiger partial charge in [0.05, 0.1) is 22.8 Å². The Morgan fingerprint density at radius 3 is 2.17 bits per heavy atom. The van der Waals surface area contributed by atoms with Crippen LogP contribution in [0.25, 0.3) is 55.7 Å². The van der Waals surface area contributed by atoms with Crippen molar-refractivity contribution < 1.29 is 13.7 Å². The van der Waals surface area contributed by atoms with Crippen LogP contribution >= 0.6 is 0 Å². The van der Waals surface area contributed by atoms with Crippen molar-refractivity contribution in [3.63, 3.8) is 0 Å². The second-order valence-electron chi connectivity index (χ2n) is 16.3. The summed E-state index contributed by atoms with van der Waals surface area (Å²) in [5.41, 5.74) is 11.4. The van der Waals surface area contributed by atoms with Gasteiger partial charge in [-0.15, -0.1) is 0 Å². The molecule has 0 atom stereocenters. The SMILES string of the molecule is CC(C)(C)c1ccnc(-c2ccccc2-c2ccccc2-[n+]2[c-]n3c(c2)C(C)(C)C(C)(C)c2ccc(Oc4ccc5c(c4)oc4ccccc45)cc2-3)c1. The van der Waals surface area contributed by atoms with Gasteiger partial charge in [-0.25, -0.2) is 0 Å². The summed E-state index contributed by atoms with van der Waals surface area (Å²) in [4.78, 5) is 4.85. The van der Waals surface area contributed by atoms with E-state index in [1.54, 1.807) is 0 Å². The van der Waals surface area contributed by atoms with E-state index in [4.69, 9.17) is 14.1 Å². The largest absolute Gasteiger partial charge is 0.458 e. The minimum absolute atomic E-state index is 0.0187. The predicted molar refractivity (Wildman–Crippen MR) is 213 cm³/mol. The standard InChI is InChI=1S/C48H43N3O2/c1-46(2,3)31-24-25-49-40(26-31)35-15-9-8-14-34(35)36-16-10-12-18-41(36)50-29-45-48(6,7)47(4,5)39-23-21-32(27-42(39)51(45)30-50)52-33-20-22-38-37-17-11-13-19-43(37)53-44(38)28-33/h8-29H,1-7H3. The van der Waals surface area contributed by atoms with Crippen LogP contribution in [-0.2, 0) is 16.2 Å². The van der Waals surface area contributed by atoms with Crippen LogP contribution < -0.4 is 9.30 Å². The molecular formula is C48H43N3O2. The quantitative estimate of drug-likeness (QED) is 0.133. The van der Waals surface area contributed by atoms with Crippen LogP contribution in [0.5, 0.6) is 11.5 Å². The maximum atomic E-state index is 6.54. The zero-order valence-electron chi connectivity index (χ0n) is 31.4. The number of rotatable bonds is 5. The van der Waals surface area contributed by atoms with Gasteiger partial charge < -0.3 is 9.15 Å². The molecule has 4 heterocycles. The van der Waals surface area contributed by atoms with Crippen LogP contribution in [0.15, 0.2) is 138 Å². The highest BCUT2D eigenvalue weighted by molar-refractivity contribution is 6.05. The second-order valence-corrected chi connectivity index (χ2v) is 16.3. The molecule has 0 unspecified atom stereocenters. The molecule has 0 spiro atoms. The number of hydrogen-bond acceptors (Lipinski definition) is 3. The van der Waals surface area contributed by atoms with Gasteiger partial charge in [-0.3, -0.25) is 14.1 Å². The molecule has 8 aromatic rings. The number of nitrogens with zero attached hydrogens (tertiary/aromatic N) is 3. The average molecular weight is 694 g/mol. The molecule has 262 valence electrons. The second kappa shape index (κ2) is 11.8. The Hall–Kier alpha value is -5.94. The molecule has 0 bridgehead atoms. The fraction of sp³-hybridized carbons (Fsp3) is 0.208. The number of benzene rings is 5. The number of ether oxygens (including phenoxy) is 1. The maximum Gasteiger partial charge on any atom is 0.269 e. The van der Waals surface area contributed by atoms with Gasteiger partial charge in [-0.05, 0) is 81.6 Å². The van der Waals surface area contributed by atoms with Crippen LogP contribution in [0.4, 0.5) is 0 Å². The topological polar surface area (TPSA) is 44.1 Å². The molecule has 5 aromatic carbocycles. The fourth-order valence-corrected chi connectivity index (χ4v) is 7.87. The van der Waals surface area contributed by atoms with E-state index in [9.17, 15) is 0 Å². The van der Waals surface area contributed by atoms with Crippen molar-refractivity contribution in [2.45, 2.75) is 64.7 Å². The highest BCUT2D eigenvalue weighted by Gasteiger charge is 2.47. The number of imidazole rings is 1. The van der Waals surface area contributed by atoms with Gasteiger partial charge >= 0.3 is 0 Å². The number of pyridine rings is 1. The van der Waals surface area contributed by atoms with Crippen molar-refractivity contribution in [2.24, 2.45) is 0 Å². The summed E-state index contributed by atoms with van der Waals surface area (Å²) in [6.07, 6.45) is 7.96. The summed E-state index contributed by atoms with van der Waals surface area (Å²) in [6, 6.07) is 42.2. The summed E-state index contributed by atoms with van der Waals surface area (Å²) in [5, 5.41) is 2.18. The van der Waals surface area contributed by atoms with E-state index >= 15 is 0 Å². The third-order valence-corrected chi connectivity index (χ3v) is 11.7. The van der Waals surface area contributed by atoms with E-state index in [0.29, 0.717) is 0 Å². The van der Waals surface area contributed by atoms with Crippen LogP contribution in [0.3, 0.4) is 0 Å². The van der Waals surface area contributed by atoms with Crippen molar-refractivity contribution in [3.8, 4) is 45.3 Å². The molecule has 0 N–H and O–H groups in total. The number of furan rings is 1. The van der Waals surface area contributed by atoms with E-state index in [1.807, 2.05) is 36.5 Å². The first-order chi connectivity index (χ1) is 25.4. The Morgan fingerprint density at radius 1 is 0.679 bits per heavy atom. The zero-order chi connectivity index (χ0) is 36.7. The maximum absolute atomic E-state index is 6.54. The molecule has 0 radical (unpaired) electrons. The van der Waals surface area contributed by atoms with Crippen LogP contribution in [0, 0.1) is 6.33 Å². The molecule has 1 aliphatic heterocycles. The van der Waals surface area contributed by atoms with Crippen molar-refractivity contribution in [2.75, 3.05) is 0 Å². The molecule has 0 saturated heterocycles. The van der Waals surface area contributed by atoms with Gasteiger partial charge in [0.25, 0.3) is 6.33 Å². The lowest BCUT2D eigenvalue weighted by atomic mass is 9.60. The monoisotopic (exact) mass is 693 g/mol. The molecule has 53 heavy (non-hydrogen) atoms. The number of aromatic nitrogens is 3. The van der Waals surface area contributed by atoms with E-state index in [-0.39, 0.29) is 16.2 Å². The third kappa shape index (κ3) is 5.29. The smallest absolute Gasteiger partial charge is 0.269 e. The van der Waals surface area contributed by atoms with Crippen molar-refractivity contribution in [1.82, 2.24) is 9.55 Å². The van der Waals surface area contributed by atoms with Crippen molar-refractivity contribution in [3.05, 3.63) is 157 Å². The molecule has 9 rings (SSSR count). The molecule has 5 heteroatoms.